The zero-order chi connectivity index (χ0) is 21.3. The van der Waals surface area contributed by atoms with Crippen LogP contribution in [0, 0.1) is 0 Å². The molecule has 0 aromatic heterocycles. The zero-order valence-electron chi connectivity index (χ0n) is 18.4. The first-order valence-corrected chi connectivity index (χ1v) is 10.9. The van der Waals surface area contributed by atoms with Gasteiger partial charge in [-0.25, -0.2) is 0 Å². The Labute approximate surface area is 179 Å². The number of ether oxygens (including phenoxy) is 3. The van der Waals surface area contributed by atoms with Gasteiger partial charge in [-0.3, -0.25) is 4.90 Å². The van der Waals surface area contributed by atoms with E-state index in [1.165, 1.54) is 5.56 Å². The van der Waals surface area contributed by atoms with E-state index in [0.717, 1.165) is 55.0 Å². The minimum Gasteiger partial charge on any atom is -0.497 e. The van der Waals surface area contributed by atoms with Gasteiger partial charge in [0.25, 0.3) is 0 Å². The van der Waals surface area contributed by atoms with Crippen molar-refractivity contribution in [2.24, 2.45) is 0 Å². The normalized spacial score (nSPS) is 26.1. The smallest absolute Gasteiger partial charge is 0.161 e. The van der Waals surface area contributed by atoms with E-state index in [2.05, 4.69) is 17.0 Å². The Morgan fingerprint density at radius 2 is 1.63 bits per heavy atom. The van der Waals surface area contributed by atoms with Crippen molar-refractivity contribution in [2.75, 3.05) is 14.2 Å². The minimum atomic E-state index is -0.763. The summed E-state index contributed by atoms with van der Waals surface area (Å²) in [6, 6.07) is 14.9. The molecule has 5 heteroatoms. The van der Waals surface area contributed by atoms with Crippen molar-refractivity contribution in [3.8, 4) is 17.2 Å². The molecular formula is C25H33NO4. The highest BCUT2D eigenvalue weighted by molar-refractivity contribution is 5.43. The Bertz CT molecular complexity index is 850. The fourth-order valence-corrected chi connectivity index (χ4v) is 5.08. The number of hydrogen-bond acceptors (Lipinski definition) is 5. The summed E-state index contributed by atoms with van der Waals surface area (Å²) in [6.07, 6.45) is 3.91. The molecule has 2 aromatic carbocycles. The van der Waals surface area contributed by atoms with Gasteiger partial charge in [0.05, 0.1) is 25.9 Å². The summed E-state index contributed by atoms with van der Waals surface area (Å²) in [5.74, 6) is 2.38. The van der Waals surface area contributed by atoms with Gasteiger partial charge in [-0.1, -0.05) is 18.2 Å². The predicted octanol–water partition coefficient (Wildman–Crippen LogP) is 4.51. The van der Waals surface area contributed by atoms with Crippen LogP contribution in [0.25, 0.3) is 0 Å². The highest BCUT2D eigenvalue weighted by atomic mass is 16.5. The Hall–Kier alpha value is -2.24. The molecule has 2 aliphatic rings. The SMILES string of the molecule is COc1ccc(C2(O)CC3CCC(C2)N3Cc2ccc(OC(C)C)c(OC)c2)cc1. The van der Waals surface area contributed by atoms with Crippen molar-refractivity contribution in [1.82, 2.24) is 4.90 Å². The second-order valence-electron chi connectivity index (χ2n) is 8.88. The number of nitrogens with zero attached hydrogens (tertiary/aromatic N) is 1. The van der Waals surface area contributed by atoms with E-state index in [1.54, 1.807) is 14.2 Å². The summed E-state index contributed by atoms with van der Waals surface area (Å²) >= 11 is 0. The number of methoxy groups -OCH3 is 2. The van der Waals surface area contributed by atoms with Crippen LogP contribution < -0.4 is 14.2 Å². The largest absolute Gasteiger partial charge is 0.497 e. The Balaban J connectivity index is 1.49. The summed E-state index contributed by atoms with van der Waals surface area (Å²) in [5, 5.41) is 11.5. The molecule has 162 valence electrons. The van der Waals surface area contributed by atoms with Gasteiger partial charge in [0, 0.05) is 18.6 Å². The monoisotopic (exact) mass is 411 g/mol. The third-order valence-electron chi connectivity index (χ3n) is 6.50. The number of piperidine rings is 1. The van der Waals surface area contributed by atoms with Gasteiger partial charge < -0.3 is 19.3 Å². The van der Waals surface area contributed by atoms with Gasteiger partial charge in [0.1, 0.15) is 5.75 Å². The summed E-state index contributed by atoms with van der Waals surface area (Å²) in [5.41, 5.74) is 1.45. The van der Waals surface area contributed by atoms with Crippen LogP contribution in [0.3, 0.4) is 0 Å². The molecular weight excluding hydrogens is 378 g/mol. The van der Waals surface area contributed by atoms with Crippen LogP contribution in [-0.2, 0) is 12.1 Å². The van der Waals surface area contributed by atoms with Crippen LogP contribution in [0.5, 0.6) is 17.2 Å². The molecule has 0 radical (unpaired) electrons. The maximum Gasteiger partial charge on any atom is 0.161 e. The summed E-state index contributed by atoms with van der Waals surface area (Å²) in [7, 11) is 3.35. The van der Waals surface area contributed by atoms with Gasteiger partial charge in [-0.15, -0.1) is 0 Å². The van der Waals surface area contributed by atoms with Crippen molar-refractivity contribution in [3.63, 3.8) is 0 Å². The lowest BCUT2D eigenvalue weighted by Gasteiger charge is -2.44. The van der Waals surface area contributed by atoms with Crippen LogP contribution in [0.1, 0.15) is 50.7 Å². The molecule has 2 heterocycles. The van der Waals surface area contributed by atoms with Gasteiger partial charge >= 0.3 is 0 Å². The molecule has 0 amide bonds. The predicted molar refractivity (Wildman–Crippen MR) is 117 cm³/mol. The lowest BCUT2D eigenvalue weighted by atomic mass is 9.80. The van der Waals surface area contributed by atoms with Crippen molar-refractivity contribution in [3.05, 3.63) is 53.6 Å². The van der Waals surface area contributed by atoms with Crippen LogP contribution in [-0.4, -0.2) is 42.4 Å². The number of aliphatic hydroxyl groups is 1. The van der Waals surface area contributed by atoms with E-state index in [-0.39, 0.29) is 6.10 Å². The first-order chi connectivity index (χ1) is 14.4. The maximum absolute atomic E-state index is 11.5. The molecule has 2 bridgehead atoms. The van der Waals surface area contributed by atoms with Gasteiger partial charge in [-0.2, -0.15) is 0 Å². The standard InChI is InChI=1S/C25H33NO4/c1-17(2)30-23-12-5-18(13-24(23)29-4)16-26-20-8-9-21(26)15-25(27,14-20)19-6-10-22(28-3)11-7-19/h5-7,10-13,17,20-21,27H,8-9,14-16H2,1-4H3. The Kier molecular flexibility index (Phi) is 5.94. The fraction of sp³-hybridized carbons (Fsp3) is 0.520. The summed E-state index contributed by atoms with van der Waals surface area (Å²) in [6.45, 7) is 4.90. The van der Waals surface area contributed by atoms with Gasteiger partial charge in [0.15, 0.2) is 11.5 Å². The molecule has 30 heavy (non-hydrogen) atoms. The minimum absolute atomic E-state index is 0.110. The van der Waals surface area contributed by atoms with Crippen molar-refractivity contribution in [1.29, 1.82) is 0 Å². The quantitative estimate of drug-likeness (QED) is 0.727. The number of rotatable bonds is 7. The van der Waals surface area contributed by atoms with E-state index in [4.69, 9.17) is 14.2 Å². The zero-order valence-corrected chi connectivity index (χ0v) is 18.4. The molecule has 2 fully saturated rings. The molecule has 2 aliphatic heterocycles. The van der Waals surface area contributed by atoms with E-state index in [1.807, 2.05) is 44.2 Å². The number of fused-ring (bicyclic) bond motifs is 2. The lowest BCUT2D eigenvalue weighted by Crippen LogP contribution is -2.49. The van der Waals surface area contributed by atoms with E-state index >= 15 is 0 Å². The van der Waals surface area contributed by atoms with Crippen molar-refractivity contribution in [2.45, 2.75) is 69.9 Å². The van der Waals surface area contributed by atoms with Crippen molar-refractivity contribution < 1.29 is 19.3 Å². The Morgan fingerprint density at radius 1 is 0.967 bits per heavy atom. The van der Waals surface area contributed by atoms with Crippen molar-refractivity contribution >= 4 is 0 Å². The molecule has 2 saturated heterocycles. The van der Waals surface area contributed by atoms with E-state index in [9.17, 15) is 5.11 Å². The van der Waals surface area contributed by atoms with Gasteiger partial charge in [-0.05, 0) is 74.9 Å². The molecule has 2 aromatic rings. The molecule has 5 nitrogen and oxygen atoms in total. The first kappa shape index (κ1) is 21.0. The summed E-state index contributed by atoms with van der Waals surface area (Å²) < 4.78 is 16.7. The third kappa shape index (κ3) is 4.14. The van der Waals surface area contributed by atoms with E-state index < -0.39 is 5.60 Å². The second-order valence-corrected chi connectivity index (χ2v) is 8.88. The number of benzene rings is 2. The van der Waals surface area contributed by atoms with Crippen LogP contribution in [0.2, 0.25) is 0 Å². The third-order valence-corrected chi connectivity index (χ3v) is 6.50. The van der Waals surface area contributed by atoms with Crippen LogP contribution in [0.4, 0.5) is 0 Å². The molecule has 1 N–H and O–H groups in total. The molecule has 0 aliphatic carbocycles. The average molecular weight is 412 g/mol. The average Bonchev–Trinajstić information content (AvgIpc) is 2.98. The molecule has 0 saturated carbocycles. The summed E-state index contributed by atoms with van der Waals surface area (Å²) in [4.78, 5) is 2.57. The molecule has 2 unspecified atom stereocenters. The fourth-order valence-electron chi connectivity index (χ4n) is 5.08. The van der Waals surface area contributed by atoms with Crippen LogP contribution in [0.15, 0.2) is 42.5 Å². The van der Waals surface area contributed by atoms with E-state index in [0.29, 0.717) is 12.1 Å². The highest BCUT2D eigenvalue weighted by Gasteiger charge is 2.48. The highest BCUT2D eigenvalue weighted by Crippen LogP contribution is 2.46. The molecule has 0 spiro atoms. The topological polar surface area (TPSA) is 51.2 Å². The second kappa shape index (κ2) is 8.48. The molecule has 2 atom stereocenters. The van der Waals surface area contributed by atoms with Gasteiger partial charge in [0.2, 0.25) is 0 Å². The Morgan fingerprint density at radius 3 is 2.20 bits per heavy atom. The molecule has 4 rings (SSSR count). The maximum atomic E-state index is 11.5. The first-order valence-electron chi connectivity index (χ1n) is 10.9. The number of hydrogen-bond donors (Lipinski definition) is 1. The lowest BCUT2D eigenvalue weighted by molar-refractivity contribution is -0.0595. The van der Waals surface area contributed by atoms with Crippen LogP contribution >= 0.6 is 0 Å².